The number of anilines is 1. The van der Waals surface area contributed by atoms with Crippen LogP contribution in [0.15, 0.2) is 52.1 Å². The average molecular weight is 400 g/mol. The molecule has 0 aliphatic heterocycles. The number of aryl methyl sites for hydroxylation is 1. The molecule has 0 radical (unpaired) electrons. The van der Waals surface area contributed by atoms with Crippen molar-refractivity contribution in [3.8, 4) is 17.2 Å². The van der Waals surface area contributed by atoms with Crippen LogP contribution >= 0.6 is 11.8 Å². The third-order valence-corrected chi connectivity index (χ3v) is 4.52. The third-order valence-electron chi connectivity index (χ3n) is 3.70. The van der Waals surface area contributed by atoms with E-state index in [0.717, 1.165) is 22.9 Å². The van der Waals surface area contributed by atoms with Gasteiger partial charge < -0.3 is 14.5 Å². The predicted molar refractivity (Wildman–Crippen MR) is 103 cm³/mol. The van der Waals surface area contributed by atoms with Gasteiger partial charge in [-0.1, -0.05) is 29.5 Å². The van der Waals surface area contributed by atoms with Crippen LogP contribution in [0.5, 0.6) is 5.75 Å². The number of ether oxygens (including phenoxy) is 1. The van der Waals surface area contributed by atoms with Crippen LogP contribution in [0.4, 0.5) is 11.4 Å². The lowest BCUT2D eigenvalue weighted by Crippen LogP contribution is -2.14. The lowest BCUT2D eigenvalue weighted by molar-refractivity contribution is -0.384. The molecule has 0 spiro atoms. The van der Waals surface area contributed by atoms with Crippen LogP contribution in [-0.4, -0.2) is 33.9 Å². The van der Waals surface area contributed by atoms with Crippen molar-refractivity contribution in [2.75, 3.05) is 18.2 Å². The second kappa shape index (κ2) is 8.53. The number of carbonyl (C=O) groups excluding carboxylic acids is 1. The van der Waals surface area contributed by atoms with Crippen molar-refractivity contribution in [3.63, 3.8) is 0 Å². The molecule has 0 unspecified atom stereocenters. The molecule has 0 atom stereocenters. The summed E-state index contributed by atoms with van der Waals surface area (Å²) in [4.78, 5) is 22.6. The first-order chi connectivity index (χ1) is 13.5. The first kappa shape index (κ1) is 19.4. The fourth-order valence-corrected chi connectivity index (χ4v) is 2.86. The summed E-state index contributed by atoms with van der Waals surface area (Å²) < 4.78 is 10.7. The number of amides is 1. The van der Waals surface area contributed by atoms with Gasteiger partial charge in [0.05, 0.1) is 23.5 Å². The number of hydrogen-bond acceptors (Lipinski definition) is 8. The number of nitrogens with zero attached hydrogens (tertiary/aromatic N) is 3. The number of thioether (sulfide) groups is 1. The van der Waals surface area contributed by atoms with Gasteiger partial charge in [-0.05, 0) is 25.1 Å². The molecule has 0 aliphatic rings. The minimum Gasteiger partial charge on any atom is -0.495 e. The third kappa shape index (κ3) is 4.65. The molecule has 0 fully saturated rings. The van der Waals surface area contributed by atoms with Gasteiger partial charge in [-0.15, -0.1) is 10.2 Å². The van der Waals surface area contributed by atoms with Crippen molar-refractivity contribution in [2.24, 2.45) is 0 Å². The van der Waals surface area contributed by atoms with Crippen molar-refractivity contribution in [3.05, 3.63) is 58.1 Å². The molecule has 3 aromatic rings. The highest BCUT2D eigenvalue weighted by Gasteiger charge is 2.15. The Morgan fingerprint density at radius 3 is 2.68 bits per heavy atom. The van der Waals surface area contributed by atoms with Crippen LogP contribution < -0.4 is 10.1 Å². The normalized spacial score (nSPS) is 10.5. The predicted octanol–water partition coefficient (Wildman–Crippen LogP) is 3.69. The van der Waals surface area contributed by atoms with Crippen LogP contribution in [0, 0.1) is 17.0 Å². The van der Waals surface area contributed by atoms with Gasteiger partial charge in [-0.25, -0.2) is 0 Å². The highest BCUT2D eigenvalue weighted by Crippen LogP contribution is 2.29. The molecule has 10 heteroatoms. The molecule has 3 rings (SSSR count). The number of nitro benzene ring substituents is 1. The number of aromatic nitrogens is 2. The van der Waals surface area contributed by atoms with E-state index in [1.165, 1.54) is 25.3 Å². The molecule has 2 aromatic carbocycles. The first-order valence-corrected chi connectivity index (χ1v) is 9.10. The average Bonchev–Trinajstić information content (AvgIpc) is 3.16. The molecule has 1 N–H and O–H groups in total. The SMILES string of the molecule is COc1ccc([N+](=O)[O-])cc1NC(=O)CSc1nnc(-c2ccc(C)cc2)o1. The van der Waals surface area contributed by atoms with Crippen molar-refractivity contribution in [1.82, 2.24) is 10.2 Å². The van der Waals surface area contributed by atoms with E-state index in [1.54, 1.807) is 0 Å². The maximum atomic E-state index is 12.2. The van der Waals surface area contributed by atoms with E-state index < -0.39 is 4.92 Å². The summed E-state index contributed by atoms with van der Waals surface area (Å²) in [7, 11) is 1.41. The van der Waals surface area contributed by atoms with Crippen LogP contribution in [0.1, 0.15) is 5.56 Å². The zero-order chi connectivity index (χ0) is 20.1. The quantitative estimate of drug-likeness (QED) is 0.362. The Morgan fingerprint density at radius 1 is 1.25 bits per heavy atom. The number of non-ortho nitro benzene ring substituents is 1. The zero-order valence-electron chi connectivity index (χ0n) is 15.0. The Bertz CT molecular complexity index is 1000. The highest BCUT2D eigenvalue weighted by atomic mass is 32.2. The maximum Gasteiger partial charge on any atom is 0.277 e. The molecule has 0 saturated carbocycles. The monoisotopic (exact) mass is 400 g/mol. The van der Waals surface area contributed by atoms with E-state index in [2.05, 4.69) is 15.5 Å². The van der Waals surface area contributed by atoms with E-state index in [0.29, 0.717) is 11.6 Å². The highest BCUT2D eigenvalue weighted by molar-refractivity contribution is 7.99. The Balaban J connectivity index is 1.63. The summed E-state index contributed by atoms with van der Waals surface area (Å²) in [5.41, 5.74) is 1.97. The Morgan fingerprint density at radius 2 is 2.00 bits per heavy atom. The summed E-state index contributed by atoms with van der Waals surface area (Å²) in [6.07, 6.45) is 0. The molecule has 28 heavy (non-hydrogen) atoms. The minimum atomic E-state index is -0.547. The van der Waals surface area contributed by atoms with Crippen LogP contribution in [-0.2, 0) is 4.79 Å². The minimum absolute atomic E-state index is 0.0125. The van der Waals surface area contributed by atoms with Gasteiger partial charge in [0, 0.05) is 17.7 Å². The largest absolute Gasteiger partial charge is 0.495 e. The van der Waals surface area contributed by atoms with Gasteiger partial charge >= 0.3 is 0 Å². The fourth-order valence-electron chi connectivity index (χ4n) is 2.30. The second-order valence-corrected chi connectivity index (χ2v) is 6.64. The van der Waals surface area contributed by atoms with E-state index >= 15 is 0 Å². The molecular formula is C18H16N4O5S. The molecule has 1 amide bonds. The number of methoxy groups -OCH3 is 1. The Hall–Kier alpha value is -3.40. The van der Waals surface area contributed by atoms with Gasteiger partial charge in [0.25, 0.3) is 10.9 Å². The number of benzene rings is 2. The number of rotatable bonds is 7. The van der Waals surface area contributed by atoms with Gasteiger partial charge in [0.1, 0.15) is 5.75 Å². The maximum absolute atomic E-state index is 12.2. The Labute approximate surface area is 164 Å². The zero-order valence-corrected chi connectivity index (χ0v) is 15.9. The van der Waals surface area contributed by atoms with Crippen molar-refractivity contribution < 1.29 is 18.9 Å². The number of nitrogens with one attached hydrogen (secondary N) is 1. The molecule has 0 bridgehead atoms. The van der Waals surface area contributed by atoms with Gasteiger partial charge in [0.15, 0.2) is 0 Å². The van der Waals surface area contributed by atoms with Crippen molar-refractivity contribution >= 4 is 29.0 Å². The van der Waals surface area contributed by atoms with Crippen molar-refractivity contribution in [2.45, 2.75) is 12.1 Å². The second-order valence-electron chi connectivity index (χ2n) is 5.72. The summed E-state index contributed by atoms with van der Waals surface area (Å²) in [5.74, 6) is 0.284. The van der Waals surface area contributed by atoms with E-state index in [4.69, 9.17) is 9.15 Å². The molecule has 0 saturated heterocycles. The van der Waals surface area contributed by atoms with Gasteiger partial charge in [-0.2, -0.15) is 0 Å². The fraction of sp³-hybridized carbons (Fsp3) is 0.167. The molecule has 1 heterocycles. The summed E-state index contributed by atoms with van der Waals surface area (Å²) in [6, 6.07) is 11.6. The van der Waals surface area contributed by atoms with Crippen molar-refractivity contribution in [1.29, 1.82) is 0 Å². The van der Waals surface area contributed by atoms with Crippen LogP contribution in [0.25, 0.3) is 11.5 Å². The standard InChI is InChI=1S/C18H16N4O5S/c1-11-3-5-12(6-4-11)17-20-21-18(27-17)28-10-16(23)19-14-9-13(22(24)25)7-8-15(14)26-2/h3-9H,10H2,1-2H3,(H,19,23). The topological polar surface area (TPSA) is 120 Å². The smallest absolute Gasteiger partial charge is 0.277 e. The molecular weight excluding hydrogens is 384 g/mol. The van der Waals surface area contributed by atoms with Crippen LogP contribution in [0.2, 0.25) is 0 Å². The summed E-state index contributed by atoms with van der Waals surface area (Å²) >= 11 is 1.06. The van der Waals surface area contributed by atoms with Crippen LogP contribution in [0.3, 0.4) is 0 Å². The lowest BCUT2D eigenvalue weighted by atomic mass is 10.1. The van der Waals surface area contributed by atoms with E-state index in [1.807, 2.05) is 31.2 Å². The van der Waals surface area contributed by atoms with E-state index in [-0.39, 0.29) is 28.3 Å². The van der Waals surface area contributed by atoms with Gasteiger partial charge in [0.2, 0.25) is 11.8 Å². The molecule has 144 valence electrons. The van der Waals surface area contributed by atoms with E-state index in [9.17, 15) is 14.9 Å². The summed E-state index contributed by atoms with van der Waals surface area (Å²) in [6.45, 7) is 1.98. The number of carbonyl (C=O) groups is 1. The first-order valence-electron chi connectivity index (χ1n) is 8.12. The molecule has 1 aromatic heterocycles. The molecule has 0 aliphatic carbocycles. The summed E-state index contributed by atoms with van der Waals surface area (Å²) in [5, 5.41) is 21.6. The Kier molecular flexibility index (Phi) is 5.90. The number of nitro groups is 1. The number of hydrogen-bond donors (Lipinski definition) is 1. The lowest BCUT2D eigenvalue weighted by Gasteiger charge is -2.09. The molecule has 9 nitrogen and oxygen atoms in total. The van der Waals surface area contributed by atoms with Gasteiger partial charge in [-0.3, -0.25) is 14.9 Å².